The van der Waals surface area contributed by atoms with Crippen molar-refractivity contribution in [3.05, 3.63) is 0 Å². The normalized spacial score (nSPS) is 12.5. The van der Waals surface area contributed by atoms with Crippen LogP contribution >= 0.6 is 0 Å². The molecule has 0 bridgehead atoms. The molecule has 0 aliphatic carbocycles. The molecule has 6 heavy (non-hydrogen) atoms. The molecule has 0 fully saturated rings. The predicted octanol–water partition coefficient (Wildman–Crippen LogP) is -0.380. The van der Waals surface area contributed by atoms with Gasteiger partial charge in [0.2, 0.25) is 0 Å². The summed E-state index contributed by atoms with van der Waals surface area (Å²) in [6, 6.07) is 0.969. The Morgan fingerprint density at radius 3 is 2.50 bits per heavy atom. The SMILES string of the molecule is CC(C[SiH3])=NO. The summed E-state index contributed by atoms with van der Waals surface area (Å²) >= 11 is 0. The molecule has 0 radical (unpaired) electrons. The van der Waals surface area contributed by atoms with Gasteiger partial charge in [0.15, 0.2) is 0 Å². The van der Waals surface area contributed by atoms with Crippen LogP contribution in [-0.2, 0) is 0 Å². The van der Waals surface area contributed by atoms with Gasteiger partial charge >= 0.3 is 0 Å². The van der Waals surface area contributed by atoms with Crippen LogP contribution in [0, 0.1) is 0 Å². The third-order valence-corrected chi connectivity index (χ3v) is 1.71. The summed E-state index contributed by atoms with van der Waals surface area (Å²) in [6.45, 7) is 1.81. The van der Waals surface area contributed by atoms with Crippen LogP contribution < -0.4 is 0 Å². The van der Waals surface area contributed by atoms with Gasteiger partial charge in [0.05, 0.1) is 5.71 Å². The lowest BCUT2D eigenvalue weighted by atomic mass is 10.5. The molecule has 0 saturated carbocycles. The molecule has 0 aliphatic rings. The molecule has 0 saturated heterocycles. The fourth-order valence-electron chi connectivity index (χ4n) is 0.0707. The number of hydrogen-bond acceptors (Lipinski definition) is 2. The van der Waals surface area contributed by atoms with Crippen molar-refractivity contribution in [3.63, 3.8) is 0 Å². The van der Waals surface area contributed by atoms with Crippen LogP contribution in [0.3, 0.4) is 0 Å². The van der Waals surface area contributed by atoms with Crippen molar-refractivity contribution >= 4 is 16.0 Å². The van der Waals surface area contributed by atoms with Crippen molar-refractivity contribution in [3.8, 4) is 0 Å². The van der Waals surface area contributed by atoms with E-state index in [4.69, 9.17) is 5.21 Å². The molecule has 36 valence electrons. The van der Waals surface area contributed by atoms with Crippen LogP contribution in [0.2, 0.25) is 6.04 Å². The molecule has 0 aromatic heterocycles. The van der Waals surface area contributed by atoms with Gasteiger partial charge in [-0.05, 0) is 13.0 Å². The summed E-state index contributed by atoms with van der Waals surface area (Å²) in [5, 5.41) is 10.9. The van der Waals surface area contributed by atoms with Crippen LogP contribution in [0.5, 0.6) is 0 Å². The van der Waals surface area contributed by atoms with Gasteiger partial charge in [-0.3, -0.25) is 0 Å². The minimum atomic E-state index is 0.835. The molecule has 0 heterocycles. The van der Waals surface area contributed by atoms with E-state index in [1.54, 1.807) is 0 Å². The minimum Gasteiger partial charge on any atom is -0.411 e. The van der Waals surface area contributed by atoms with E-state index in [1.165, 1.54) is 0 Å². The average Bonchev–Trinajstić information content (AvgIpc) is 1.65. The first-order valence-electron chi connectivity index (χ1n) is 1.98. The summed E-state index contributed by atoms with van der Waals surface area (Å²) in [5.74, 6) is 0. The summed E-state index contributed by atoms with van der Waals surface area (Å²) < 4.78 is 0. The highest BCUT2D eigenvalue weighted by Gasteiger charge is 1.78. The molecule has 0 rings (SSSR count). The molecule has 0 aliphatic heterocycles. The van der Waals surface area contributed by atoms with Crippen LogP contribution in [0.25, 0.3) is 0 Å². The zero-order valence-corrected chi connectivity index (χ0v) is 6.10. The first-order chi connectivity index (χ1) is 2.81. The van der Waals surface area contributed by atoms with Crippen LogP contribution in [0.4, 0.5) is 0 Å². The van der Waals surface area contributed by atoms with E-state index in [-0.39, 0.29) is 0 Å². The highest BCUT2D eigenvalue weighted by Crippen LogP contribution is 1.75. The van der Waals surface area contributed by atoms with Gasteiger partial charge in [-0.15, -0.1) is 0 Å². The number of hydrogen-bond donors (Lipinski definition) is 1. The monoisotopic (exact) mass is 103 g/mol. The molecule has 0 spiro atoms. The van der Waals surface area contributed by atoms with E-state index >= 15 is 0 Å². The predicted molar refractivity (Wildman–Crippen MR) is 29.6 cm³/mol. The molecule has 0 aromatic rings. The minimum absolute atomic E-state index is 0.835. The fraction of sp³-hybridized carbons (Fsp3) is 0.667. The standard InChI is InChI=1S/C3H9NOSi/c1-3(2-6)4-5/h5H,2H2,1,6H3. The van der Waals surface area contributed by atoms with Gasteiger partial charge in [0, 0.05) is 10.2 Å². The lowest BCUT2D eigenvalue weighted by Gasteiger charge is -1.81. The van der Waals surface area contributed by atoms with E-state index in [2.05, 4.69) is 5.16 Å². The maximum absolute atomic E-state index is 7.94. The van der Waals surface area contributed by atoms with Crippen molar-refractivity contribution < 1.29 is 5.21 Å². The average molecular weight is 103 g/mol. The van der Waals surface area contributed by atoms with Gasteiger partial charge in [-0.25, -0.2) is 0 Å². The summed E-state index contributed by atoms with van der Waals surface area (Å²) in [7, 11) is 1.09. The summed E-state index contributed by atoms with van der Waals surface area (Å²) in [6.07, 6.45) is 0. The fourth-order valence-corrected chi connectivity index (χ4v) is 0.212. The largest absolute Gasteiger partial charge is 0.411 e. The van der Waals surface area contributed by atoms with E-state index in [9.17, 15) is 0 Å². The molecule has 0 aromatic carbocycles. The van der Waals surface area contributed by atoms with Gasteiger partial charge in [-0.1, -0.05) is 5.16 Å². The quantitative estimate of drug-likeness (QED) is 0.209. The first-order valence-corrected chi connectivity index (χ1v) is 3.40. The molecular formula is C3H9NOSi. The Hall–Kier alpha value is -0.313. The zero-order valence-electron chi connectivity index (χ0n) is 4.10. The number of nitrogens with zero attached hydrogens (tertiary/aromatic N) is 1. The Labute approximate surface area is 40.3 Å². The molecular weight excluding hydrogens is 94.1 g/mol. The molecule has 0 amide bonds. The Bertz CT molecular complexity index is 61.8. The molecule has 3 heteroatoms. The Morgan fingerprint density at radius 2 is 2.50 bits per heavy atom. The molecule has 2 nitrogen and oxygen atoms in total. The third kappa shape index (κ3) is 1.96. The Morgan fingerprint density at radius 1 is 2.00 bits per heavy atom. The second-order valence-electron chi connectivity index (χ2n) is 1.19. The Balaban J connectivity index is 3.22. The molecule has 1 N–H and O–H groups in total. The lowest BCUT2D eigenvalue weighted by Crippen LogP contribution is -1.85. The van der Waals surface area contributed by atoms with Gasteiger partial charge in [0.1, 0.15) is 0 Å². The van der Waals surface area contributed by atoms with E-state index in [0.29, 0.717) is 0 Å². The zero-order chi connectivity index (χ0) is 4.99. The second-order valence-corrected chi connectivity index (χ2v) is 1.90. The van der Waals surface area contributed by atoms with Crippen molar-refractivity contribution in [2.75, 3.05) is 0 Å². The van der Waals surface area contributed by atoms with Crippen molar-refractivity contribution in [1.82, 2.24) is 0 Å². The van der Waals surface area contributed by atoms with Gasteiger partial charge < -0.3 is 5.21 Å². The lowest BCUT2D eigenvalue weighted by molar-refractivity contribution is 0.318. The topological polar surface area (TPSA) is 32.6 Å². The van der Waals surface area contributed by atoms with Crippen molar-refractivity contribution in [1.29, 1.82) is 0 Å². The number of oxime groups is 1. The Kier molecular flexibility index (Phi) is 2.75. The summed E-state index contributed by atoms with van der Waals surface area (Å²) in [5.41, 5.74) is 0.835. The second kappa shape index (κ2) is 2.90. The van der Waals surface area contributed by atoms with E-state index in [0.717, 1.165) is 22.0 Å². The molecule has 0 unspecified atom stereocenters. The first kappa shape index (κ1) is 5.69. The van der Waals surface area contributed by atoms with Gasteiger partial charge in [-0.2, -0.15) is 0 Å². The van der Waals surface area contributed by atoms with Crippen molar-refractivity contribution in [2.45, 2.75) is 13.0 Å². The van der Waals surface area contributed by atoms with Crippen molar-refractivity contribution in [2.24, 2.45) is 5.16 Å². The third-order valence-electron chi connectivity index (χ3n) is 0.682. The van der Waals surface area contributed by atoms with E-state index < -0.39 is 0 Å². The van der Waals surface area contributed by atoms with Crippen LogP contribution in [-0.4, -0.2) is 21.2 Å². The smallest absolute Gasteiger partial charge is 0.0504 e. The maximum atomic E-state index is 7.94. The van der Waals surface area contributed by atoms with Gasteiger partial charge in [0.25, 0.3) is 0 Å². The van der Waals surface area contributed by atoms with E-state index in [1.807, 2.05) is 6.92 Å². The summed E-state index contributed by atoms with van der Waals surface area (Å²) in [4.78, 5) is 0. The van der Waals surface area contributed by atoms with Crippen LogP contribution in [0.1, 0.15) is 6.92 Å². The highest BCUT2D eigenvalue weighted by molar-refractivity contribution is 6.20. The molecule has 0 atom stereocenters. The number of rotatable bonds is 1. The maximum Gasteiger partial charge on any atom is 0.0504 e. The highest BCUT2D eigenvalue weighted by atomic mass is 28.1. The van der Waals surface area contributed by atoms with Crippen LogP contribution in [0.15, 0.2) is 5.16 Å².